The summed E-state index contributed by atoms with van der Waals surface area (Å²) in [4.78, 5) is 11.4. The number of carbonyl (C=O) groups excluding carboxylic acids is 1. The fraction of sp³-hybridized carbons (Fsp3) is 0.889. The van der Waals surface area contributed by atoms with Crippen molar-refractivity contribution in [3.05, 3.63) is 0 Å². The second-order valence-corrected chi connectivity index (χ2v) is 5.81. The molecule has 0 spiro atoms. The molecular formula is C9H21NO4Si. The summed E-state index contributed by atoms with van der Waals surface area (Å²) in [6.07, 6.45) is -0.724. The zero-order valence-electron chi connectivity index (χ0n) is 9.53. The Balaban J connectivity index is 4.00. The van der Waals surface area contributed by atoms with Crippen LogP contribution in [0.3, 0.4) is 0 Å². The number of rotatable bonds is 6. The Bertz CT molecular complexity index is 208. The van der Waals surface area contributed by atoms with E-state index in [9.17, 15) is 9.90 Å². The molecule has 1 unspecified atom stereocenters. The average Bonchev–Trinajstić information content (AvgIpc) is 2.15. The van der Waals surface area contributed by atoms with Crippen LogP contribution in [0.2, 0.25) is 0 Å². The summed E-state index contributed by atoms with van der Waals surface area (Å²) in [5.41, 5.74) is -1.18. The molecule has 0 rings (SSSR count). The van der Waals surface area contributed by atoms with Gasteiger partial charge in [0.25, 0.3) is 0 Å². The van der Waals surface area contributed by atoms with Crippen LogP contribution in [0.5, 0.6) is 0 Å². The third-order valence-corrected chi connectivity index (χ3v) is 2.83. The number of hydrogen-bond donors (Lipinski definition) is 4. The minimum atomic E-state index is -1.23. The van der Waals surface area contributed by atoms with E-state index in [0.29, 0.717) is 23.2 Å². The number of hydrogen-bond acceptors (Lipinski definition) is 4. The third-order valence-electron chi connectivity index (χ3n) is 2.26. The van der Waals surface area contributed by atoms with E-state index >= 15 is 0 Å². The van der Waals surface area contributed by atoms with E-state index < -0.39 is 17.4 Å². The number of amides is 1. The van der Waals surface area contributed by atoms with Crippen molar-refractivity contribution < 1.29 is 20.1 Å². The van der Waals surface area contributed by atoms with Crippen LogP contribution in [0.1, 0.15) is 20.3 Å². The minimum Gasteiger partial charge on any atom is -0.398 e. The maximum atomic E-state index is 11.4. The Hall–Kier alpha value is -0.433. The zero-order valence-corrected chi connectivity index (χ0v) is 11.5. The molecule has 6 heteroatoms. The van der Waals surface area contributed by atoms with Gasteiger partial charge in [0.1, 0.15) is 6.10 Å². The number of nitrogens with one attached hydrogen (secondary N) is 1. The Morgan fingerprint density at radius 3 is 2.40 bits per heavy atom. The molecule has 5 nitrogen and oxygen atoms in total. The molecule has 0 bridgehead atoms. The van der Waals surface area contributed by atoms with Gasteiger partial charge in [-0.15, -0.1) is 0 Å². The molecule has 0 heterocycles. The third kappa shape index (κ3) is 5.27. The van der Waals surface area contributed by atoms with Gasteiger partial charge >= 0.3 is 0 Å². The second kappa shape index (κ2) is 6.22. The number of aliphatic hydroxyl groups is 3. The quantitative estimate of drug-likeness (QED) is 0.385. The van der Waals surface area contributed by atoms with Gasteiger partial charge in [-0.3, -0.25) is 4.79 Å². The lowest BCUT2D eigenvalue weighted by atomic mass is 9.87. The number of carbonyl (C=O) groups is 1. The summed E-state index contributed by atoms with van der Waals surface area (Å²) >= 11 is 0. The van der Waals surface area contributed by atoms with Gasteiger partial charge in [-0.2, -0.15) is 0 Å². The predicted molar refractivity (Wildman–Crippen MR) is 60.4 cm³/mol. The summed E-state index contributed by atoms with van der Waals surface area (Å²) < 4.78 is 0. The molecule has 2 atom stereocenters. The molecule has 0 saturated heterocycles. The Labute approximate surface area is 92.9 Å². The maximum absolute atomic E-state index is 11.4. The van der Waals surface area contributed by atoms with Crippen LogP contribution in [0.4, 0.5) is 0 Å². The lowest BCUT2D eigenvalue weighted by Crippen LogP contribution is -2.46. The summed E-state index contributed by atoms with van der Waals surface area (Å²) in [5, 5.41) is 30.1. The SMILES string of the molecule is CC(C)(CO)[C@@H](O)C(=O)NCCC(O)[SiH3]. The fourth-order valence-electron chi connectivity index (χ4n) is 0.942. The molecule has 0 saturated carbocycles. The molecule has 0 aliphatic carbocycles. The van der Waals surface area contributed by atoms with E-state index in [1.165, 1.54) is 0 Å². The first-order valence-corrected chi connectivity index (χ1v) is 6.21. The smallest absolute Gasteiger partial charge is 0.249 e. The van der Waals surface area contributed by atoms with Crippen LogP contribution in [0.15, 0.2) is 0 Å². The molecule has 0 radical (unpaired) electrons. The van der Waals surface area contributed by atoms with Crippen LogP contribution < -0.4 is 5.32 Å². The molecule has 90 valence electrons. The predicted octanol–water partition coefficient (Wildman–Crippen LogP) is -2.44. The summed E-state index contributed by atoms with van der Waals surface area (Å²) in [6.45, 7) is 3.31. The van der Waals surface area contributed by atoms with Gasteiger partial charge in [-0.1, -0.05) is 13.8 Å². The van der Waals surface area contributed by atoms with E-state index in [0.717, 1.165) is 0 Å². The molecular weight excluding hydrogens is 214 g/mol. The fourth-order valence-corrected chi connectivity index (χ4v) is 1.23. The van der Waals surface area contributed by atoms with Gasteiger partial charge in [-0.25, -0.2) is 0 Å². The Morgan fingerprint density at radius 2 is 2.00 bits per heavy atom. The van der Waals surface area contributed by atoms with Crippen LogP contribution in [-0.4, -0.2) is 56.5 Å². The molecule has 1 amide bonds. The molecule has 4 N–H and O–H groups in total. The highest BCUT2D eigenvalue weighted by Crippen LogP contribution is 2.19. The summed E-state index contributed by atoms with van der Waals surface area (Å²) in [6, 6.07) is 0. The lowest BCUT2D eigenvalue weighted by Gasteiger charge is -2.27. The van der Waals surface area contributed by atoms with Gasteiger partial charge in [0.05, 0.1) is 6.61 Å². The van der Waals surface area contributed by atoms with Gasteiger partial charge in [0, 0.05) is 27.9 Å². The molecule has 0 aliphatic heterocycles. The topological polar surface area (TPSA) is 89.8 Å². The van der Waals surface area contributed by atoms with Crippen molar-refractivity contribution in [2.24, 2.45) is 5.41 Å². The van der Waals surface area contributed by atoms with E-state index in [1.807, 2.05) is 0 Å². The van der Waals surface area contributed by atoms with Crippen molar-refractivity contribution in [1.82, 2.24) is 5.32 Å². The van der Waals surface area contributed by atoms with Crippen molar-refractivity contribution in [3.63, 3.8) is 0 Å². The van der Waals surface area contributed by atoms with Gasteiger partial charge < -0.3 is 20.6 Å². The summed E-state index contributed by atoms with van der Waals surface area (Å²) in [5.74, 6) is -0.503. The highest BCUT2D eigenvalue weighted by molar-refractivity contribution is 6.10. The minimum absolute atomic E-state index is 0.259. The monoisotopic (exact) mass is 235 g/mol. The van der Waals surface area contributed by atoms with Crippen molar-refractivity contribution in [2.75, 3.05) is 13.2 Å². The van der Waals surface area contributed by atoms with Crippen LogP contribution in [0.25, 0.3) is 0 Å². The van der Waals surface area contributed by atoms with E-state index in [4.69, 9.17) is 10.2 Å². The van der Waals surface area contributed by atoms with Gasteiger partial charge in [0.15, 0.2) is 0 Å². The van der Waals surface area contributed by atoms with Crippen LogP contribution in [-0.2, 0) is 4.79 Å². The van der Waals surface area contributed by atoms with Crippen LogP contribution in [0, 0.1) is 5.41 Å². The van der Waals surface area contributed by atoms with Crippen molar-refractivity contribution >= 4 is 16.1 Å². The molecule has 0 aromatic heterocycles. The lowest BCUT2D eigenvalue weighted by molar-refractivity contribution is -0.137. The summed E-state index contributed by atoms with van der Waals surface area (Å²) in [7, 11) is 0.669. The maximum Gasteiger partial charge on any atom is 0.249 e. The average molecular weight is 235 g/mol. The largest absolute Gasteiger partial charge is 0.398 e. The van der Waals surface area contributed by atoms with E-state index in [1.54, 1.807) is 13.8 Å². The van der Waals surface area contributed by atoms with Crippen molar-refractivity contribution in [1.29, 1.82) is 0 Å². The second-order valence-electron chi connectivity index (χ2n) is 4.48. The molecule has 0 aromatic carbocycles. The first-order chi connectivity index (χ1) is 6.81. The number of aliphatic hydroxyl groups excluding tert-OH is 3. The van der Waals surface area contributed by atoms with E-state index in [-0.39, 0.29) is 12.3 Å². The van der Waals surface area contributed by atoms with Gasteiger partial charge in [-0.05, 0) is 6.42 Å². The Kier molecular flexibility index (Phi) is 6.04. The first-order valence-electron chi connectivity index (χ1n) is 5.06. The normalized spacial score (nSPS) is 16.1. The Morgan fingerprint density at radius 1 is 1.47 bits per heavy atom. The van der Waals surface area contributed by atoms with Crippen molar-refractivity contribution in [2.45, 2.75) is 32.1 Å². The van der Waals surface area contributed by atoms with Crippen LogP contribution >= 0.6 is 0 Å². The molecule has 0 aromatic rings. The molecule has 0 aliphatic rings. The van der Waals surface area contributed by atoms with Crippen molar-refractivity contribution in [3.8, 4) is 0 Å². The molecule has 0 fully saturated rings. The molecule has 15 heavy (non-hydrogen) atoms. The zero-order chi connectivity index (χ0) is 12.1. The highest BCUT2D eigenvalue weighted by Gasteiger charge is 2.32. The first kappa shape index (κ1) is 14.6. The standard InChI is InChI=1S/C9H21NO4Si/c1-9(2,5-11)7(13)8(14)10-4-3-6(12)15/h6-7,11-13H,3-5H2,1-2,15H3,(H,10,14)/t6?,7-/m0/s1. The highest BCUT2D eigenvalue weighted by atomic mass is 28.1. The van der Waals surface area contributed by atoms with Gasteiger partial charge in [0.2, 0.25) is 5.91 Å². The van der Waals surface area contributed by atoms with E-state index in [2.05, 4.69) is 5.32 Å².